The maximum atomic E-state index is 13.1. The second-order valence-corrected chi connectivity index (χ2v) is 7.19. The molecule has 1 aliphatic rings. The lowest BCUT2D eigenvalue weighted by molar-refractivity contribution is 0.171. The summed E-state index contributed by atoms with van der Waals surface area (Å²) >= 11 is 0. The van der Waals surface area contributed by atoms with Crippen molar-refractivity contribution in [3.8, 4) is 17.2 Å². The average Bonchev–Trinajstić information content (AvgIpc) is 2.65. The molecule has 25 heavy (non-hydrogen) atoms. The third-order valence-electron chi connectivity index (χ3n) is 3.76. The Morgan fingerprint density at radius 1 is 1.12 bits per heavy atom. The van der Waals surface area contributed by atoms with Crippen molar-refractivity contribution in [2.75, 3.05) is 31.2 Å². The largest absolute Gasteiger partial charge is 0.497 e. The van der Waals surface area contributed by atoms with Crippen molar-refractivity contribution in [1.82, 2.24) is 0 Å². The van der Waals surface area contributed by atoms with Gasteiger partial charge in [0.05, 0.1) is 24.2 Å². The van der Waals surface area contributed by atoms with Crippen LogP contribution in [0.25, 0.3) is 0 Å². The van der Waals surface area contributed by atoms with E-state index in [4.69, 9.17) is 14.2 Å². The molecule has 0 atom stereocenters. The smallest absolute Gasteiger partial charge is 0.264 e. The lowest BCUT2D eigenvalue weighted by atomic mass is 10.2. The minimum Gasteiger partial charge on any atom is -0.497 e. The Balaban J connectivity index is 2.00. The molecular formula is C18H19NO5S. The molecule has 3 rings (SSSR count). The molecule has 0 spiro atoms. The summed E-state index contributed by atoms with van der Waals surface area (Å²) in [5.41, 5.74) is 0.486. The van der Waals surface area contributed by atoms with Crippen LogP contribution in [0.2, 0.25) is 0 Å². The number of hydrogen-bond acceptors (Lipinski definition) is 5. The minimum absolute atomic E-state index is 0.133. The van der Waals surface area contributed by atoms with Crippen molar-refractivity contribution >= 4 is 15.7 Å². The van der Waals surface area contributed by atoms with Crippen LogP contribution in [0.3, 0.4) is 0 Å². The monoisotopic (exact) mass is 361 g/mol. The average molecular weight is 361 g/mol. The van der Waals surface area contributed by atoms with Crippen molar-refractivity contribution < 1.29 is 22.6 Å². The third kappa shape index (κ3) is 3.41. The number of fused-ring (bicyclic) bond motifs is 1. The molecule has 0 radical (unpaired) electrons. The van der Waals surface area contributed by atoms with Crippen LogP contribution in [0.15, 0.2) is 60.0 Å². The van der Waals surface area contributed by atoms with Gasteiger partial charge in [-0.15, -0.1) is 6.58 Å². The van der Waals surface area contributed by atoms with E-state index in [1.165, 1.54) is 29.6 Å². The first-order valence-corrected chi connectivity index (χ1v) is 9.17. The summed E-state index contributed by atoms with van der Waals surface area (Å²) in [5, 5.41) is 0. The highest BCUT2D eigenvalue weighted by Gasteiger charge is 2.25. The molecule has 6 nitrogen and oxygen atoms in total. The first kappa shape index (κ1) is 17.2. The molecule has 7 heteroatoms. The van der Waals surface area contributed by atoms with Crippen molar-refractivity contribution in [3.05, 3.63) is 55.1 Å². The highest BCUT2D eigenvalue weighted by Crippen LogP contribution is 2.35. The molecule has 2 aromatic rings. The number of benzene rings is 2. The van der Waals surface area contributed by atoms with Gasteiger partial charge in [0.1, 0.15) is 19.0 Å². The summed E-state index contributed by atoms with van der Waals surface area (Å²) in [7, 11) is -2.23. The van der Waals surface area contributed by atoms with Crippen molar-refractivity contribution in [2.45, 2.75) is 4.90 Å². The number of anilines is 1. The van der Waals surface area contributed by atoms with Crippen molar-refractivity contribution in [2.24, 2.45) is 0 Å². The molecule has 1 heterocycles. The molecule has 0 amide bonds. The van der Waals surface area contributed by atoms with Crippen LogP contribution >= 0.6 is 0 Å². The van der Waals surface area contributed by atoms with E-state index in [0.29, 0.717) is 36.1 Å². The van der Waals surface area contributed by atoms with E-state index in [1.807, 2.05) is 0 Å². The Morgan fingerprint density at radius 3 is 2.44 bits per heavy atom. The normalized spacial score (nSPS) is 13.2. The Morgan fingerprint density at radius 2 is 1.80 bits per heavy atom. The van der Waals surface area contributed by atoms with Gasteiger partial charge in [-0.3, -0.25) is 4.31 Å². The number of nitrogens with zero attached hydrogens (tertiary/aromatic N) is 1. The predicted octanol–water partition coefficient (Wildman–Crippen LogP) is 2.85. The van der Waals surface area contributed by atoms with Crippen LogP contribution in [-0.2, 0) is 10.0 Å². The molecule has 0 bridgehead atoms. The fraction of sp³-hybridized carbons (Fsp3) is 0.222. The van der Waals surface area contributed by atoms with Gasteiger partial charge in [0.2, 0.25) is 0 Å². The van der Waals surface area contributed by atoms with E-state index in [0.717, 1.165) is 0 Å². The first-order valence-electron chi connectivity index (χ1n) is 7.73. The zero-order chi connectivity index (χ0) is 17.9. The number of sulfonamides is 1. The number of rotatable bonds is 6. The molecule has 132 valence electrons. The summed E-state index contributed by atoms with van der Waals surface area (Å²) in [5.74, 6) is 1.73. The van der Waals surface area contributed by atoms with Crippen LogP contribution in [0.1, 0.15) is 0 Å². The van der Waals surface area contributed by atoms with Crippen LogP contribution in [0, 0.1) is 0 Å². The highest BCUT2D eigenvalue weighted by atomic mass is 32.2. The van der Waals surface area contributed by atoms with Gasteiger partial charge in [-0.25, -0.2) is 8.42 Å². The van der Waals surface area contributed by atoms with E-state index in [9.17, 15) is 8.42 Å². The Hall–Kier alpha value is -2.67. The third-order valence-corrected chi connectivity index (χ3v) is 5.56. The Labute approximate surface area is 147 Å². The van der Waals surface area contributed by atoms with Crippen molar-refractivity contribution in [1.29, 1.82) is 0 Å². The summed E-state index contributed by atoms with van der Waals surface area (Å²) < 4.78 is 43.5. The lowest BCUT2D eigenvalue weighted by Crippen LogP contribution is -2.31. The SMILES string of the molecule is C=CCN(c1ccc2c(c1)OCCO2)S(=O)(=O)c1ccc(OC)cc1. The fourth-order valence-corrected chi connectivity index (χ4v) is 3.95. The summed E-state index contributed by atoms with van der Waals surface area (Å²) in [6, 6.07) is 11.3. The number of hydrogen-bond donors (Lipinski definition) is 0. The number of methoxy groups -OCH3 is 1. The van der Waals surface area contributed by atoms with Gasteiger partial charge >= 0.3 is 0 Å². The predicted molar refractivity (Wildman–Crippen MR) is 95.2 cm³/mol. The van der Waals surface area contributed by atoms with Crippen LogP contribution in [-0.4, -0.2) is 35.3 Å². The molecule has 0 N–H and O–H groups in total. The standard InChI is InChI=1S/C18H19NO5S/c1-3-10-19(14-4-9-17-18(13-14)24-12-11-23-17)25(20,21)16-7-5-15(22-2)6-8-16/h3-9,13H,1,10-12H2,2H3. The lowest BCUT2D eigenvalue weighted by Gasteiger charge is -2.25. The molecular weight excluding hydrogens is 342 g/mol. The van der Waals surface area contributed by atoms with Crippen LogP contribution in [0.4, 0.5) is 5.69 Å². The van der Waals surface area contributed by atoms with Gasteiger partial charge in [-0.2, -0.15) is 0 Å². The van der Waals surface area contributed by atoms with E-state index < -0.39 is 10.0 Å². The van der Waals surface area contributed by atoms with E-state index in [1.54, 1.807) is 30.3 Å². The maximum absolute atomic E-state index is 13.1. The second-order valence-electron chi connectivity index (χ2n) is 5.33. The fourth-order valence-electron chi connectivity index (χ4n) is 2.52. The van der Waals surface area contributed by atoms with E-state index in [2.05, 4.69) is 6.58 Å². The number of ether oxygens (including phenoxy) is 3. The molecule has 0 saturated carbocycles. The van der Waals surface area contributed by atoms with Gasteiger partial charge in [0.15, 0.2) is 11.5 Å². The molecule has 0 aromatic heterocycles. The second kappa shape index (κ2) is 7.06. The van der Waals surface area contributed by atoms with Gasteiger partial charge in [0.25, 0.3) is 10.0 Å². The Kier molecular flexibility index (Phi) is 4.85. The minimum atomic E-state index is -3.76. The van der Waals surface area contributed by atoms with Gasteiger partial charge in [0, 0.05) is 6.07 Å². The molecule has 0 aliphatic carbocycles. The molecule has 0 saturated heterocycles. The van der Waals surface area contributed by atoms with Crippen LogP contribution < -0.4 is 18.5 Å². The summed E-state index contributed by atoms with van der Waals surface area (Å²) in [6.07, 6.45) is 1.54. The summed E-state index contributed by atoms with van der Waals surface area (Å²) in [4.78, 5) is 0.171. The molecule has 2 aromatic carbocycles. The Bertz CT molecular complexity index is 862. The molecule has 1 aliphatic heterocycles. The van der Waals surface area contributed by atoms with E-state index in [-0.39, 0.29) is 11.4 Å². The van der Waals surface area contributed by atoms with Gasteiger partial charge in [-0.05, 0) is 36.4 Å². The molecule has 0 unspecified atom stereocenters. The van der Waals surface area contributed by atoms with Crippen LogP contribution in [0.5, 0.6) is 17.2 Å². The topological polar surface area (TPSA) is 65.1 Å². The molecule has 0 fully saturated rings. The van der Waals surface area contributed by atoms with Gasteiger partial charge in [-0.1, -0.05) is 6.08 Å². The maximum Gasteiger partial charge on any atom is 0.264 e. The zero-order valence-electron chi connectivity index (χ0n) is 13.8. The quantitative estimate of drug-likeness (QED) is 0.740. The first-order chi connectivity index (χ1) is 12.1. The highest BCUT2D eigenvalue weighted by molar-refractivity contribution is 7.92. The van der Waals surface area contributed by atoms with E-state index >= 15 is 0 Å². The van der Waals surface area contributed by atoms with Crippen molar-refractivity contribution in [3.63, 3.8) is 0 Å². The zero-order valence-corrected chi connectivity index (χ0v) is 14.7. The van der Waals surface area contributed by atoms with Gasteiger partial charge < -0.3 is 14.2 Å². The summed E-state index contributed by atoms with van der Waals surface area (Å²) in [6.45, 7) is 4.71.